The molecule has 0 saturated carbocycles. The molecule has 3 rings (SSSR count). The van der Waals surface area contributed by atoms with Gasteiger partial charge in [-0.15, -0.1) is 0 Å². The summed E-state index contributed by atoms with van der Waals surface area (Å²) in [6, 6.07) is 16.7. The van der Waals surface area contributed by atoms with Crippen LogP contribution < -0.4 is 10.5 Å². The summed E-state index contributed by atoms with van der Waals surface area (Å²) in [5.74, 6) is -0.117. The molecule has 9 heteroatoms. The lowest BCUT2D eigenvalue weighted by Crippen LogP contribution is -2.25. The average molecular weight is 481 g/mol. The fourth-order valence-electron chi connectivity index (χ4n) is 2.92. The van der Waals surface area contributed by atoms with Gasteiger partial charge in [-0.3, -0.25) is 5.41 Å². The minimum absolute atomic E-state index is 0.0194. The first-order chi connectivity index (χ1) is 15.1. The summed E-state index contributed by atoms with van der Waals surface area (Å²) in [6.45, 7) is 0.154. The van der Waals surface area contributed by atoms with Gasteiger partial charge in [-0.1, -0.05) is 53.5 Å². The first-order valence-electron chi connectivity index (χ1n) is 9.19. The molecule has 32 heavy (non-hydrogen) atoms. The molecule has 0 aliphatic rings. The van der Waals surface area contributed by atoms with Crippen LogP contribution in [0.4, 0.5) is 13.2 Å². The molecule has 0 spiro atoms. The Balaban J connectivity index is 2.05. The van der Waals surface area contributed by atoms with Crippen LogP contribution in [0.2, 0.25) is 10.0 Å². The zero-order chi connectivity index (χ0) is 23.5. The molecule has 0 radical (unpaired) electrons. The molecule has 0 unspecified atom stereocenters. The summed E-state index contributed by atoms with van der Waals surface area (Å²) in [4.78, 5) is 0. The monoisotopic (exact) mass is 480 g/mol. The molecule has 4 N–H and O–H groups in total. The Kier molecular flexibility index (Phi) is 7.01. The van der Waals surface area contributed by atoms with Gasteiger partial charge in [0.15, 0.2) is 0 Å². The van der Waals surface area contributed by atoms with Gasteiger partial charge >= 0.3 is 6.18 Å². The Hall–Kier alpha value is -3.16. The number of benzene rings is 3. The zero-order valence-corrected chi connectivity index (χ0v) is 17.9. The van der Waals surface area contributed by atoms with Gasteiger partial charge in [0.25, 0.3) is 0 Å². The van der Waals surface area contributed by atoms with Crippen molar-refractivity contribution in [3.8, 4) is 11.5 Å². The molecular formula is C23H17Cl2F3N2O2. The number of allylic oxidation sites excluding steroid dienone is 1. The molecule has 3 aromatic carbocycles. The van der Waals surface area contributed by atoms with Crippen LogP contribution >= 0.6 is 23.2 Å². The van der Waals surface area contributed by atoms with E-state index in [4.69, 9.17) is 39.1 Å². The molecule has 0 heterocycles. The smallest absolute Gasteiger partial charge is 0.433 e. The topological polar surface area (TPSA) is 79.3 Å². The molecule has 0 aliphatic carbocycles. The minimum Gasteiger partial charge on any atom is -0.507 e. The van der Waals surface area contributed by atoms with Gasteiger partial charge in [-0.25, -0.2) is 0 Å². The Labute approximate surface area is 192 Å². The van der Waals surface area contributed by atoms with Crippen molar-refractivity contribution in [1.82, 2.24) is 0 Å². The van der Waals surface area contributed by atoms with Crippen LogP contribution in [-0.4, -0.2) is 17.0 Å². The van der Waals surface area contributed by atoms with Crippen LogP contribution in [0.5, 0.6) is 11.5 Å². The van der Waals surface area contributed by atoms with Crippen LogP contribution in [-0.2, 0) is 6.61 Å². The molecule has 0 atom stereocenters. The molecule has 0 saturated heterocycles. The van der Waals surface area contributed by atoms with Gasteiger partial charge < -0.3 is 15.6 Å². The number of rotatable bonds is 6. The van der Waals surface area contributed by atoms with Crippen molar-refractivity contribution < 1.29 is 23.0 Å². The number of aromatic hydroxyl groups is 1. The van der Waals surface area contributed by atoms with Gasteiger partial charge in [0, 0.05) is 26.7 Å². The van der Waals surface area contributed by atoms with E-state index in [9.17, 15) is 18.3 Å². The number of nitrogens with two attached hydrogens (primary N) is 1. The lowest BCUT2D eigenvalue weighted by Gasteiger charge is -2.18. The quantitative estimate of drug-likeness (QED) is 0.271. The maximum absolute atomic E-state index is 13.5. The third-order valence-electron chi connectivity index (χ3n) is 4.52. The van der Waals surface area contributed by atoms with Gasteiger partial charge in [0.1, 0.15) is 23.8 Å². The number of nitrogens with one attached hydrogen (secondary N) is 1. The number of alkyl halides is 3. The molecule has 4 nitrogen and oxygen atoms in total. The van der Waals surface area contributed by atoms with Crippen LogP contribution in [0.15, 0.2) is 66.7 Å². The van der Waals surface area contributed by atoms with E-state index in [-0.39, 0.29) is 34.3 Å². The van der Waals surface area contributed by atoms with Crippen LogP contribution in [0.1, 0.15) is 16.7 Å². The summed E-state index contributed by atoms with van der Waals surface area (Å²) < 4.78 is 46.0. The average Bonchev–Trinajstić information content (AvgIpc) is 2.75. The molecule has 3 aromatic rings. The van der Waals surface area contributed by atoms with Crippen molar-refractivity contribution in [2.45, 2.75) is 12.8 Å². The number of halogens is 5. The molecule has 0 amide bonds. The second kappa shape index (κ2) is 9.54. The number of hydrogen-bond donors (Lipinski definition) is 3. The fraction of sp³-hybridized carbons (Fsp3) is 0.0870. The first-order valence-corrected chi connectivity index (χ1v) is 9.95. The molecule has 0 fully saturated rings. The normalized spacial score (nSPS) is 12.3. The largest absolute Gasteiger partial charge is 0.507 e. The highest BCUT2D eigenvalue weighted by atomic mass is 35.5. The number of hydrogen-bond acceptors (Lipinski definition) is 4. The molecular weight excluding hydrogens is 464 g/mol. The molecule has 166 valence electrons. The van der Waals surface area contributed by atoms with Gasteiger partial charge in [-0.2, -0.15) is 13.2 Å². The van der Waals surface area contributed by atoms with Crippen molar-refractivity contribution >= 4 is 40.2 Å². The van der Waals surface area contributed by atoms with Crippen LogP contribution in [0.3, 0.4) is 0 Å². The maximum atomic E-state index is 13.5. The fourth-order valence-corrected chi connectivity index (χ4v) is 3.28. The van der Waals surface area contributed by atoms with E-state index < -0.39 is 23.2 Å². The first kappa shape index (κ1) is 23.5. The van der Waals surface area contributed by atoms with E-state index >= 15 is 0 Å². The summed E-state index contributed by atoms with van der Waals surface area (Å²) >= 11 is 12.0. The van der Waals surface area contributed by atoms with E-state index in [0.717, 1.165) is 5.56 Å². The van der Waals surface area contributed by atoms with Gasteiger partial charge in [-0.05, 0) is 42.0 Å². The number of phenolic OH excluding ortho intramolecular Hbond substituents is 1. The standard InChI is InChI=1S/C23H17Cl2F3N2O2/c24-14-7-5-13(6-8-14)12-32-15-9-10-19(31)17(11-15)21(29)20(22(30)23(26,27)28)16-3-1-2-4-18(16)25/h1-11,30-31H,12,29H2/b21-20-,30-22?. The van der Waals surface area contributed by atoms with Crippen molar-refractivity contribution in [1.29, 1.82) is 5.41 Å². The SMILES string of the molecule is N=C(/C(=C(\N)c1cc(OCc2ccc(Cl)cc2)ccc1O)c1ccccc1Cl)C(F)(F)F. The highest BCUT2D eigenvalue weighted by Gasteiger charge is 2.39. The molecule has 0 bridgehead atoms. The number of phenols is 1. The van der Waals surface area contributed by atoms with Crippen molar-refractivity contribution in [3.63, 3.8) is 0 Å². The predicted molar refractivity (Wildman–Crippen MR) is 120 cm³/mol. The van der Waals surface area contributed by atoms with Crippen molar-refractivity contribution in [2.24, 2.45) is 5.73 Å². The zero-order valence-electron chi connectivity index (χ0n) is 16.4. The van der Waals surface area contributed by atoms with Crippen LogP contribution in [0.25, 0.3) is 11.3 Å². The lowest BCUT2D eigenvalue weighted by atomic mass is 9.94. The second-order valence-electron chi connectivity index (χ2n) is 6.74. The Morgan fingerprint density at radius 1 is 0.969 bits per heavy atom. The second-order valence-corrected chi connectivity index (χ2v) is 7.58. The molecule has 0 aliphatic heterocycles. The number of ether oxygens (including phenoxy) is 1. The van der Waals surface area contributed by atoms with Crippen LogP contribution in [0, 0.1) is 5.41 Å². The van der Waals surface area contributed by atoms with E-state index in [1.807, 2.05) is 0 Å². The van der Waals surface area contributed by atoms with E-state index in [1.54, 1.807) is 30.3 Å². The Morgan fingerprint density at radius 2 is 1.62 bits per heavy atom. The Morgan fingerprint density at radius 3 is 2.25 bits per heavy atom. The van der Waals surface area contributed by atoms with Gasteiger partial charge in [0.2, 0.25) is 0 Å². The van der Waals surface area contributed by atoms with E-state index in [2.05, 4.69) is 0 Å². The highest BCUT2D eigenvalue weighted by Crippen LogP contribution is 2.37. The summed E-state index contributed by atoms with van der Waals surface area (Å²) in [5, 5.41) is 18.6. The predicted octanol–water partition coefficient (Wildman–Crippen LogP) is 6.69. The summed E-state index contributed by atoms with van der Waals surface area (Å²) in [5.41, 5.74) is 3.89. The maximum Gasteiger partial charge on any atom is 0.433 e. The third-order valence-corrected chi connectivity index (χ3v) is 5.10. The van der Waals surface area contributed by atoms with E-state index in [1.165, 1.54) is 36.4 Å². The van der Waals surface area contributed by atoms with Crippen molar-refractivity contribution in [3.05, 3.63) is 93.5 Å². The summed E-state index contributed by atoms with van der Waals surface area (Å²) in [7, 11) is 0. The van der Waals surface area contributed by atoms with Gasteiger partial charge in [0.05, 0.1) is 5.70 Å². The summed E-state index contributed by atoms with van der Waals surface area (Å²) in [6.07, 6.45) is -4.99. The highest BCUT2D eigenvalue weighted by molar-refractivity contribution is 6.38. The van der Waals surface area contributed by atoms with Crippen molar-refractivity contribution in [2.75, 3.05) is 0 Å². The molecule has 0 aromatic heterocycles. The van der Waals surface area contributed by atoms with E-state index in [0.29, 0.717) is 5.02 Å². The third kappa shape index (κ3) is 5.36. The Bertz CT molecular complexity index is 1180. The minimum atomic E-state index is -4.99. The lowest BCUT2D eigenvalue weighted by molar-refractivity contribution is -0.0578.